The second-order valence-electron chi connectivity index (χ2n) is 7.30. The molecule has 0 heterocycles. The molecule has 4 aromatic rings. The van der Waals surface area contributed by atoms with Crippen molar-refractivity contribution in [3.05, 3.63) is 94.0 Å². The van der Waals surface area contributed by atoms with Crippen molar-refractivity contribution in [2.24, 2.45) is 11.5 Å². The summed E-state index contributed by atoms with van der Waals surface area (Å²) in [6, 6.07) is 27.0. The van der Waals surface area contributed by atoms with E-state index in [1.807, 2.05) is 84.9 Å². The van der Waals surface area contributed by atoms with Crippen LogP contribution in [-0.4, -0.2) is 0 Å². The Morgan fingerprint density at radius 1 is 0.588 bits per heavy atom. The van der Waals surface area contributed by atoms with Crippen molar-refractivity contribution in [2.45, 2.75) is 9.79 Å². The smallest absolute Gasteiger partial charge is 0.103 e. The van der Waals surface area contributed by atoms with Crippen molar-refractivity contribution in [2.75, 3.05) is 11.5 Å². The molecule has 0 aliphatic rings. The highest BCUT2D eigenvalue weighted by molar-refractivity contribution is 8.03. The number of nitrogen functional groups attached to an aromatic ring is 2. The minimum absolute atomic E-state index is 0.00980. The van der Waals surface area contributed by atoms with Crippen molar-refractivity contribution in [3.63, 3.8) is 0 Å². The fourth-order valence-electron chi connectivity index (χ4n) is 3.54. The molecule has 0 aliphatic carbocycles. The van der Waals surface area contributed by atoms with Crippen LogP contribution >= 0.6 is 23.5 Å². The van der Waals surface area contributed by atoms with Gasteiger partial charge in [0.2, 0.25) is 0 Å². The maximum Gasteiger partial charge on any atom is 0.103 e. The highest BCUT2D eigenvalue weighted by atomic mass is 32.2. The lowest BCUT2D eigenvalue weighted by Crippen LogP contribution is -2.06. The number of thioether (sulfide) groups is 2. The van der Waals surface area contributed by atoms with Crippen LogP contribution in [0.25, 0.3) is 21.5 Å². The number of benzene rings is 4. The molecule has 0 fully saturated rings. The number of fused-ring (bicyclic) bond motifs is 2. The predicted molar refractivity (Wildman–Crippen MR) is 142 cm³/mol. The SMILES string of the molecule is N#CC(=C(N)Sc1ccc2ccccc2c1N)C(C#N)=C(N)Sc1ccc2ccccc2c1N. The molecule has 0 spiro atoms. The predicted octanol–water partition coefficient (Wildman–Crippen LogP) is 5.43. The van der Waals surface area contributed by atoms with Gasteiger partial charge < -0.3 is 22.9 Å². The van der Waals surface area contributed by atoms with Gasteiger partial charge in [0, 0.05) is 20.6 Å². The van der Waals surface area contributed by atoms with Gasteiger partial charge in [0.1, 0.15) is 23.3 Å². The van der Waals surface area contributed by atoms with Crippen LogP contribution < -0.4 is 22.9 Å². The van der Waals surface area contributed by atoms with Crippen LogP contribution in [0.1, 0.15) is 0 Å². The van der Waals surface area contributed by atoms with Crippen LogP contribution in [0.4, 0.5) is 11.4 Å². The van der Waals surface area contributed by atoms with Gasteiger partial charge >= 0.3 is 0 Å². The number of rotatable bonds is 5. The second-order valence-corrected chi connectivity index (χ2v) is 9.47. The van der Waals surface area contributed by atoms with E-state index in [2.05, 4.69) is 0 Å². The number of nitrogens with zero attached hydrogens (tertiary/aromatic N) is 2. The Morgan fingerprint density at radius 2 is 0.971 bits per heavy atom. The normalized spacial score (nSPS) is 12.5. The van der Waals surface area contributed by atoms with Crippen molar-refractivity contribution >= 4 is 56.4 Å². The first-order valence-electron chi connectivity index (χ1n) is 10.1. The minimum Gasteiger partial charge on any atom is -0.397 e. The van der Waals surface area contributed by atoms with Gasteiger partial charge in [0.25, 0.3) is 0 Å². The zero-order valence-electron chi connectivity index (χ0n) is 17.9. The zero-order chi connectivity index (χ0) is 24.2. The van der Waals surface area contributed by atoms with Gasteiger partial charge in [-0.15, -0.1) is 0 Å². The lowest BCUT2D eigenvalue weighted by molar-refractivity contribution is 1.34. The highest BCUT2D eigenvalue weighted by Gasteiger charge is 2.18. The van der Waals surface area contributed by atoms with E-state index in [4.69, 9.17) is 22.9 Å². The van der Waals surface area contributed by atoms with E-state index in [0.29, 0.717) is 21.2 Å². The topological polar surface area (TPSA) is 152 Å². The molecule has 0 unspecified atom stereocenters. The third-order valence-corrected chi connectivity index (χ3v) is 7.27. The van der Waals surface area contributed by atoms with Gasteiger partial charge in [0.05, 0.1) is 21.4 Å². The van der Waals surface area contributed by atoms with Crippen LogP contribution in [-0.2, 0) is 0 Å². The fourth-order valence-corrected chi connectivity index (χ4v) is 5.22. The fraction of sp³-hybridized carbons (Fsp3) is 0. The number of nitrogens with two attached hydrogens (primary N) is 4. The van der Waals surface area contributed by atoms with Crippen molar-refractivity contribution in [1.29, 1.82) is 10.5 Å². The summed E-state index contributed by atoms with van der Waals surface area (Å²) in [6.07, 6.45) is 0. The van der Waals surface area contributed by atoms with Crippen LogP contribution in [0.5, 0.6) is 0 Å². The lowest BCUT2D eigenvalue weighted by atomic mass is 10.1. The van der Waals surface area contributed by atoms with E-state index >= 15 is 0 Å². The lowest BCUT2D eigenvalue weighted by Gasteiger charge is -2.12. The van der Waals surface area contributed by atoms with Crippen molar-refractivity contribution in [1.82, 2.24) is 0 Å². The molecule has 0 aromatic heterocycles. The molecule has 0 saturated carbocycles. The zero-order valence-corrected chi connectivity index (χ0v) is 19.6. The molecule has 34 heavy (non-hydrogen) atoms. The number of nitriles is 2. The highest BCUT2D eigenvalue weighted by Crippen LogP contribution is 2.39. The van der Waals surface area contributed by atoms with Gasteiger partial charge in [0.15, 0.2) is 0 Å². The Balaban J connectivity index is 1.71. The summed E-state index contributed by atoms with van der Waals surface area (Å²) < 4.78 is 0. The summed E-state index contributed by atoms with van der Waals surface area (Å²) in [4.78, 5) is 1.37. The molecule has 8 N–H and O–H groups in total. The molecule has 4 aromatic carbocycles. The molecule has 166 valence electrons. The molecule has 8 heteroatoms. The van der Waals surface area contributed by atoms with E-state index in [1.165, 1.54) is 0 Å². The van der Waals surface area contributed by atoms with E-state index in [0.717, 1.165) is 45.1 Å². The summed E-state index contributed by atoms with van der Waals surface area (Å²) in [5, 5.41) is 23.7. The van der Waals surface area contributed by atoms with Gasteiger partial charge in [-0.2, -0.15) is 10.5 Å². The van der Waals surface area contributed by atoms with Gasteiger partial charge in [-0.3, -0.25) is 0 Å². The quantitative estimate of drug-likeness (QED) is 0.128. The first kappa shape index (κ1) is 22.9. The molecule has 0 saturated heterocycles. The van der Waals surface area contributed by atoms with Gasteiger partial charge in [-0.05, 0) is 22.9 Å². The molecule has 0 bridgehead atoms. The molecule has 6 nitrogen and oxygen atoms in total. The number of allylic oxidation sites excluding steroid dienone is 2. The molecule has 0 aliphatic heterocycles. The maximum absolute atomic E-state index is 9.82. The van der Waals surface area contributed by atoms with E-state index in [-0.39, 0.29) is 21.2 Å². The summed E-state index contributed by atoms with van der Waals surface area (Å²) in [5.41, 5.74) is 26.3. The Bertz CT molecular complexity index is 1460. The molecule has 0 atom stereocenters. The van der Waals surface area contributed by atoms with Gasteiger partial charge in [-0.25, -0.2) is 0 Å². The van der Waals surface area contributed by atoms with E-state index in [9.17, 15) is 10.5 Å². The monoisotopic (exact) mass is 480 g/mol. The third kappa shape index (κ3) is 4.33. The molecule has 0 amide bonds. The van der Waals surface area contributed by atoms with Crippen LogP contribution in [0.3, 0.4) is 0 Å². The molecular weight excluding hydrogens is 460 g/mol. The Labute approximate surface area is 205 Å². The van der Waals surface area contributed by atoms with Crippen molar-refractivity contribution < 1.29 is 0 Å². The molecule has 4 rings (SSSR count). The largest absolute Gasteiger partial charge is 0.397 e. The van der Waals surface area contributed by atoms with Crippen LogP contribution in [0.2, 0.25) is 0 Å². The van der Waals surface area contributed by atoms with E-state index in [1.54, 1.807) is 0 Å². The van der Waals surface area contributed by atoms with Gasteiger partial charge in [-0.1, -0.05) is 84.2 Å². The molecular formula is C26H20N6S2. The number of hydrogen-bond acceptors (Lipinski definition) is 8. The maximum atomic E-state index is 9.82. The summed E-state index contributed by atoms with van der Waals surface area (Å²) in [6.45, 7) is 0. The van der Waals surface area contributed by atoms with E-state index < -0.39 is 0 Å². The second kappa shape index (κ2) is 9.72. The van der Waals surface area contributed by atoms with Crippen LogP contribution in [0.15, 0.2) is 104 Å². The minimum atomic E-state index is -0.00980. The molecule has 0 radical (unpaired) electrons. The van der Waals surface area contributed by atoms with Crippen molar-refractivity contribution in [3.8, 4) is 12.1 Å². The standard InChI is InChI=1S/C26H20N6S2/c27-13-19(25(31)33-21-11-9-15-5-1-3-7-17(15)23(21)29)20(14-28)26(32)34-22-12-10-16-6-2-4-8-18(16)24(22)30/h1-12H,29-32H2. The summed E-state index contributed by atoms with van der Waals surface area (Å²) >= 11 is 2.25. The third-order valence-electron chi connectivity index (χ3n) is 5.27. The number of anilines is 2. The Hall–Kier alpha value is -4.24. The summed E-state index contributed by atoms with van der Waals surface area (Å²) in [5.74, 6) is 0. The Morgan fingerprint density at radius 3 is 1.35 bits per heavy atom. The average Bonchev–Trinajstić information content (AvgIpc) is 2.86. The first-order valence-corrected chi connectivity index (χ1v) is 11.8. The Kier molecular flexibility index (Phi) is 6.55. The summed E-state index contributed by atoms with van der Waals surface area (Å²) in [7, 11) is 0. The number of hydrogen-bond donors (Lipinski definition) is 4. The first-order chi connectivity index (χ1) is 16.4. The average molecular weight is 481 g/mol. The van der Waals surface area contributed by atoms with Crippen LogP contribution in [0, 0.1) is 22.7 Å².